The molecule has 0 radical (unpaired) electrons. The summed E-state index contributed by atoms with van der Waals surface area (Å²) in [6, 6.07) is 22.6. The van der Waals surface area contributed by atoms with Crippen LogP contribution >= 0.6 is 0 Å². The second kappa shape index (κ2) is 32.2. The normalized spacial score (nSPS) is 14.4. The van der Waals surface area contributed by atoms with Gasteiger partial charge in [0.1, 0.15) is 40.3 Å². The number of aromatic amines is 1. The predicted molar refractivity (Wildman–Crippen MR) is 321 cm³/mol. The average molecular weight is 1150 g/mol. The van der Waals surface area contributed by atoms with E-state index in [0.29, 0.717) is 19.5 Å². The topological polar surface area (TPSA) is 328 Å². The van der Waals surface area contributed by atoms with Gasteiger partial charge >= 0.3 is 0 Å². The van der Waals surface area contributed by atoms with Crippen LogP contribution in [0.5, 0.6) is 0 Å². The molecule has 9 amide bonds. The van der Waals surface area contributed by atoms with Crippen LogP contribution < -0.4 is 64.2 Å². The van der Waals surface area contributed by atoms with E-state index in [4.69, 9.17) is 5.73 Å². The maximum absolute atomic E-state index is 14.5. The summed E-state index contributed by atoms with van der Waals surface area (Å²) < 4.78 is 0. The number of nitrogens with two attached hydrogens (primary N) is 1. The molecule has 83 heavy (non-hydrogen) atoms. The molecule has 0 aliphatic heterocycles. The number of rotatable bonds is 35. The molecular weight excluding hydrogens is 1060 g/mol. The van der Waals surface area contributed by atoms with Gasteiger partial charge in [0.05, 0.1) is 6.54 Å². The molecule has 0 saturated carbocycles. The third-order valence-corrected chi connectivity index (χ3v) is 14.7. The second-order valence-corrected chi connectivity index (χ2v) is 22.7. The van der Waals surface area contributed by atoms with Crippen LogP contribution in [0.25, 0.3) is 10.9 Å². The number of nitrogens with one attached hydrogen (secondary N) is 12. The zero-order chi connectivity index (χ0) is 61.4. The van der Waals surface area contributed by atoms with Crippen LogP contribution in [0.1, 0.15) is 118 Å². The maximum atomic E-state index is 14.5. The SMILES string of the molecule is CCC(C)(NC(=O)C(C)NC(=O)C(C)(C)NC(=O)C(C)(C)NC(=O)C(Cc1ccccc1)NC(C)=O)C(=O)NCC(=O)NC(Cc1c[nH]c2ccccc12)C(=O)NC(C)(CC)C(=O)NC(CNCCCNCCCCN)Cc1ccccc1. The highest BCUT2D eigenvalue weighted by Crippen LogP contribution is 2.21. The van der Waals surface area contributed by atoms with Crippen LogP contribution in [0.3, 0.4) is 0 Å². The minimum absolute atomic E-state index is 0.0239. The Morgan fingerprint density at radius 2 is 1.08 bits per heavy atom. The van der Waals surface area contributed by atoms with E-state index in [1.807, 2.05) is 60.7 Å². The fourth-order valence-electron chi connectivity index (χ4n) is 8.93. The Kier molecular flexibility index (Phi) is 26.3. The first-order chi connectivity index (χ1) is 39.3. The van der Waals surface area contributed by atoms with Crippen LogP contribution in [0.4, 0.5) is 0 Å². The summed E-state index contributed by atoms with van der Waals surface area (Å²) in [5, 5.41) is 32.4. The second-order valence-electron chi connectivity index (χ2n) is 22.7. The van der Waals surface area contributed by atoms with Crippen molar-refractivity contribution in [2.45, 2.75) is 167 Å². The fraction of sp³-hybridized carbons (Fsp3) is 0.525. The van der Waals surface area contributed by atoms with Gasteiger partial charge < -0.3 is 69.2 Å². The van der Waals surface area contributed by atoms with E-state index in [0.717, 1.165) is 66.5 Å². The lowest BCUT2D eigenvalue weighted by atomic mass is 9.94. The molecule has 454 valence electrons. The number of H-pyrrole nitrogens is 1. The Labute approximate surface area is 488 Å². The summed E-state index contributed by atoms with van der Waals surface area (Å²) in [7, 11) is 0. The average Bonchev–Trinajstić information content (AvgIpc) is 4.15. The Morgan fingerprint density at radius 1 is 0.542 bits per heavy atom. The molecule has 0 aliphatic carbocycles. The summed E-state index contributed by atoms with van der Waals surface area (Å²) in [5.41, 5.74) is 2.78. The van der Waals surface area contributed by atoms with Gasteiger partial charge in [-0.1, -0.05) is 92.7 Å². The molecule has 6 unspecified atom stereocenters. The van der Waals surface area contributed by atoms with Gasteiger partial charge in [0.2, 0.25) is 53.2 Å². The van der Waals surface area contributed by atoms with Crippen molar-refractivity contribution in [1.29, 1.82) is 0 Å². The zero-order valence-electron chi connectivity index (χ0n) is 50.1. The Morgan fingerprint density at radius 3 is 1.71 bits per heavy atom. The van der Waals surface area contributed by atoms with Crippen molar-refractivity contribution in [3.63, 3.8) is 0 Å². The largest absolute Gasteiger partial charge is 0.361 e. The van der Waals surface area contributed by atoms with E-state index in [-0.39, 0.29) is 31.7 Å². The first kappa shape index (κ1) is 67.8. The highest BCUT2D eigenvalue weighted by Gasteiger charge is 2.41. The van der Waals surface area contributed by atoms with E-state index in [1.165, 1.54) is 48.5 Å². The minimum Gasteiger partial charge on any atom is -0.361 e. The van der Waals surface area contributed by atoms with Gasteiger partial charge in [-0.15, -0.1) is 0 Å². The van der Waals surface area contributed by atoms with Crippen molar-refractivity contribution in [3.8, 4) is 0 Å². The number of benzene rings is 3. The number of amides is 9. The number of hydrogen-bond donors (Lipinski definition) is 13. The quantitative estimate of drug-likeness (QED) is 0.0294. The fourth-order valence-corrected chi connectivity index (χ4v) is 8.93. The van der Waals surface area contributed by atoms with E-state index in [1.54, 1.807) is 51.2 Å². The van der Waals surface area contributed by atoms with Gasteiger partial charge in [-0.05, 0) is 136 Å². The minimum atomic E-state index is -1.62. The molecule has 22 nitrogen and oxygen atoms in total. The zero-order valence-corrected chi connectivity index (χ0v) is 50.1. The number of aromatic nitrogens is 1. The van der Waals surface area contributed by atoms with Crippen molar-refractivity contribution >= 4 is 64.1 Å². The number of carbonyl (C=O) groups excluding carboxylic acids is 9. The summed E-state index contributed by atoms with van der Waals surface area (Å²) in [6.07, 6.45) is 5.63. The van der Waals surface area contributed by atoms with Crippen molar-refractivity contribution in [2.24, 2.45) is 5.73 Å². The monoisotopic (exact) mass is 1150 g/mol. The number of fused-ring (bicyclic) bond motifs is 1. The van der Waals surface area contributed by atoms with E-state index in [2.05, 4.69) is 63.5 Å². The lowest BCUT2D eigenvalue weighted by Gasteiger charge is -2.34. The van der Waals surface area contributed by atoms with Crippen LogP contribution in [-0.2, 0) is 62.4 Å². The molecule has 0 fully saturated rings. The van der Waals surface area contributed by atoms with Gasteiger partial charge in [0.15, 0.2) is 0 Å². The van der Waals surface area contributed by atoms with Crippen molar-refractivity contribution < 1.29 is 43.2 Å². The number of carbonyl (C=O) groups is 9. The highest BCUT2D eigenvalue weighted by molar-refractivity contribution is 6.00. The molecule has 1 aromatic heterocycles. The molecule has 3 aromatic carbocycles. The molecule has 22 heteroatoms. The number of hydrogen-bond acceptors (Lipinski definition) is 12. The van der Waals surface area contributed by atoms with Crippen LogP contribution in [0, 0.1) is 0 Å². The van der Waals surface area contributed by atoms with Crippen molar-refractivity contribution in [2.75, 3.05) is 39.3 Å². The first-order valence-electron chi connectivity index (χ1n) is 28.8. The lowest BCUT2D eigenvalue weighted by molar-refractivity contribution is -0.139. The summed E-state index contributed by atoms with van der Waals surface area (Å²) in [4.78, 5) is 126. The molecule has 0 aliphatic rings. The van der Waals surface area contributed by atoms with Crippen molar-refractivity contribution in [3.05, 3.63) is 108 Å². The predicted octanol–water partition coefficient (Wildman–Crippen LogP) is 1.96. The van der Waals surface area contributed by atoms with E-state index < -0.39 is 100.0 Å². The van der Waals surface area contributed by atoms with Gasteiger partial charge in [-0.25, -0.2) is 0 Å². The summed E-state index contributed by atoms with van der Waals surface area (Å²) >= 11 is 0. The van der Waals surface area contributed by atoms with Gasteiger partial charge in [-0.2, -0.15) is 0 Å². The molecule has 0 bridgehead atoms. The molecule has 4 rings (SSSR count). The molecule has 1 heterocycles. The Hall–Kier alpha value is -7.69. The molecule has 6 atom stereocenters. The van der Waals surface area contributed by atoms with Crippen LogP contribution in [0.15, 0.2) is 91.1 Å². The van der Waals surface area contributed by atoms with Crippen molar-refractivity contribution in [1.82, 2.24) is 63.5 Å². The van der Waals surface area contributed by atoms with Gasteiger partial charge in [0.25, 0.3) is 0 Å². The summed E-state index contributed by atoms with van der Waals surface area (Å²) in [6.45, 7) is 18.0. The molecule has 0 spiro atoms. The van der Waals surface area contributed by atoms with Crippen LogP contribution in [-0.4, -0.2) is 144 Å². The standard InChI is InChI=1S/C61H91N13O9/c1-11-60(9,72-51(77)40(3)67-54(80)58(5,6)74-55(81)59(7,8)71-52(78)48(68-41(4)75)35-43-26-17-14-18-27-43)56(82)66-39-50(76)70-49(36-44-37-65-47-29-20-19-28-46(44)47)53(79)73-61(10,12-2)57(83)69-45(34-42-24-15-13-16-25-42)38-64-33-23-32-63-31-22-21-30-62/h13-20,24-29,37,40,45,48-49,63-65H,11-12,21-23,30-36,38-39,62H2,1-10H3,(H,66,82)(H,67,80)(H,68,75)(H,69,83)(H,70,76)(H,71,78)(H,72,77)(H,73,79)(H,74,81). The van der Waals surface area contributed by atoms with Gasteiger partial charge in [0, 0.05) is 49.5 Å². The third-order valence-electron chi connectivity index (χ3n) is 14.7. The highest BCUT2D eigenvalue weighted by atomic mass is 16.2. The number of para-hydroxylation sites is 1. The molecule has 14 N–H and O–H groups in total. The molecule has 0 saturated heterocycles. The molecular formula is C61H91N13O9. The third kappa shape index (κ3) is 21.5. The van der Waals surface area contributed by atoms with Gasteiger partial charge in [-0.3, -0.25) is 43.2 Å². The first-order valence-corrected chi connectivity index (χ1v) is 28.8. The maximum Gasteiger partial charge on any atom is 0.246 e. The van der Waals surface area contributed by atoms with Crippen LogP contribution in [0.2, 0.25) is 0 Å². The molecule has 4 aromatic rings. The van der Waals surface area contributed by atoms with E-state index in [9.17, 15) is 43.2 Å². The lowest BCUT2D eigenvalue weighted by Crippen LogP contribution is -2.66. The Balaban J connectivity index is 1.39. The smallest absolute Gasteiger partial charge is 0.246 e. The Bertz CT molecular complexity index is 2810. The van der Waals surface area contributed by atoms with E-state index >= 15 is 0 Å². The number of unbranched alkanes of at least 4 members (excludes halogenated alkanes) is 1. The summed E-state index contributed by atoms with van der Waals surface area (Å²) in [5.74, 6) is -5.78.